The first-order chi connectivity index (χ1) is 11.5. The molecule has 0 fully saturated rings. The summed E-state index contributed by atoms with van der Waals surface area (Å²) < 4.78 is 5.67. The number of aromatic nitrogens is 5. The van der Waals surface area contributed by atoms with E-state index < -0.39 is 0 Å². The van der Waals surface area contributed by atoms with Gasteiger partial charge in [-0.15, -0.1) is 10.2 Å². The van der Waals surface area contributed by atoms with Gasteiger partial charge >= 0.3 is 0 Å². The van der Waals surface area contributed by atoms with E-state index in [0.717, 1.165) is 5.56 Å². The lowest BCUT2D eigenvalue weighted by Gasteiger charge is -2.10. The van der Waals surface area contributed by atoms with Gasteiger partial charge in [-0.1, -0.05) is 29.5 Å². The second kappa shape index (κ2) is 6.83. The van der Waals surface area contributed by atoms with E-state index in [9.17, 15) is 0 Å². The summed E-state index contributed by atoms with van der Waals surface area (Å²) in [4.78, 5) is 14.3. The molecular formula is C15H17N7OS. The Morgan fingerprint density at radius 2 is 1.83 bits per heavy atom. The molecule has 0 aliphatic rings. The average molecular weight is 343 g/mol. The zero-order valence-electron chi connectivity index (χ0n) is 13.6. The van der Waals surface area contributed by atoms with Crippen molar-refractivity contribution in [1.29, 1.82) is 0 Å². The van der Waals surface area contributed by atoms with Crippen LogP contribution >= 0.6 is 11.8 Å². The summed E-state index contributed by atoms with van der Waals surface area (Å²) in [5, 5.41) is 8.57. The molecule has 0 bridgehead atoms. The predicted octanol–water partition coefficient (Wildman–Crippen LogP) is 2.17. The van der Waals surface area contributed by atoms with E-state index in [0.29, 0.717) is 28.6 Å². The van der Waals surface area contributed by atoms with Gasteiger partial charge in [-0.25, -0.2) is 0 Å². The number of aryl methyl sites for hydroxylation is 1. The highest BCUT2D eigenvalue weighted by molar-refractivity contribution is 7.98. The SMILES string of the molecule is Cc1ccc(-c2nnc(SCc3nc(N)nc(N(C)C)n3)o2)cc1. The Bertz CT molecular complexity index is 832. The minimum Gasteiger partial charge on any atom is -0.411 e. The lowest BCUT2D eigenvalue weighted by molar-refractivity contribution is 0.465. The van der Waals surface area contributed by atoms with Gasteiger partial charge in [0.25, 0.3) is 5.22 Å². The molecular weight excluding hydrogens is 326 g/mol. The van der Waals surface area contributed by atoms with E-state index in [4.69, 9.17) is 10.2 Å². The predicted molar refractivity (Wildman–Crippen MR) is 92.6 cm³/mol. The molecule has 3 rings (SSSR count). The van der Waals surface area contributed by atoms with Crippen LogP contribution < -0.4 is 10.6 Å². The first-order valence-electron chi connectivity index (χ1n) is 7.22. The van der Waals surface area contributed by atoms with Crippen LogP contribution in [0.4, 0.5) is 11.9 Å². The van der Waals surface area contributed by atoms with Crippen molar-refractivity contribution in [3.05, 3.63) is 35.7 Å². The highest BCUT2D eigenvalue weighted by Gasteiger charge is 2.11. The fraction of sp³-hybridized carbons (Fsp3) is 0.267. The van der Waals surface area contributed by atoms with Gasteiger partial charge in [0.05, 0.1) is 5.75 Å². The van der Waals surface area contributed by atoms with Crippen molar-refractivity contribution in [3.63, 3.8) is 0 Å². The summed E-state index contributed by atoms with van der Waals surface area (Å²) in [6, 6.07) is 7.91. The number of hydrogen-bond donors (Lipinski definition) is 1. The standard InChI is InChI=1S/C15H17N7OS/c1-9-4-6-10(7-5-9)12-20-21-15(23-12)24-8-11-17-13(16)19-14(18-11)22(2)3/h4-7H,8H2,1-3H3,(H2,16,17,18,19). The van der Waals surface area contributed by atoms with Crippen LogP contribution in [0.3, 0.4) is 0 Å². The van der Waals surface area contributed by atoms with Crippen LogP contribution in [0.1, 0.15) is 11.4 Å². The molecule has 0 radical (unpaired) electrons. The Balaban J connectivity index is 1.70. The van der Waals surface area contributed by atoms with E-state index in [1.54, 1.807) is 4.90 Å². The molecule has 0 spiro atoms. The number of rotatable bonds is 5. The van der Waals surface area contributed by atoms with Crippen LogP contribution in [0.25, 0.3) is 11.5 Å². The number of thioether (sulfide) groups is 1. The van der Waals surface area contributed by atoms with Gasteiger partial charge in [-0.05, 0) is 19.1 Å². The summed E-state index contributed by atoms with van der Waals surface area (Å²) in [5.74, 6) is 2.22. The van der Waals surface area contributed by atoms with E-state index in [1.807, 2.05) is 45.3 Å². The molecule has 2 heterocycles. The zero-order valence-corrected chi connectivity index (χ0v) is 14.4. The van der Waals surface area contributed by atoms with Crippen molar-refractivity contribution in [2.75, 3.05) is 24.7 Å². The number of nitrogens with two attached hydrogens (primary N) is 1. The largest absolute Gasteiger partial charge is 0.411 e. The van der Waals surface area contributed by atoms with Crippen molar-refractivity contribution in [2.45, 2.75) is 17.9 Å². The first-order valence-corrected chi connectivity index (χ1v) is 8.21. The van der Waals surface area contributed by atoms with Crippen LogP contribution in [0.2, 0.25) is 0 Å². The molecule has 0 amide bonds. The van der Waals surface area contributed by atoms with Crippen molar-refractivity contribution in [2.24, 2.45) is 0 Å². The number of hydrogen-bond acceptors (Lipinski definition) is 9. The van der Waals surface area contributed by atoms with Gasteiger partial charge in [-0.3, -0.25) is 0 Å². The Morgan fingerprint density at radius 1 is 1.08 bits per heavy atom. The molecule has 0 saturated heterocycles. The number of nitrogen functional groups attached to an aromatic ring is 1. The van der Waals surface area contributed by atoms with Gasteiger partial charge in [0.1, 0.15) is 5.82 Å². The molecule has 9 heteroatoms. The third kappa shape index (κ3) is 3.80. The molecule has 124 valence electrons. The van der Waals surface area contributed by atoms with Gasteiger partial charge in [0.2, 0.25) is 17.8 Å². The molecule has 8 nitrogen and oxygen atoms in total. The van der Waals surface area contributed by atoms with Crippen LogP contribution in [0.5, 0.6) is 0 Å². The Kier molecular flexibility index (Phi) is 4.61. The van der Waals surface area contributed by atoms with Gasteiger partial charge in [0, 0.05) is 19.7 Å². The van der Waals surface area contributed by atoms with Crippen LogP contribution in [-0.4, -0.2) is 39.2 Å². The molecule has 0 atom stereocenters. The van der Waals surface area contributed by atoms with E-state index in [-0.39, 0.29) is 5.95 Å². The maximum Gasteiger partial charge on any atom is 0.277 e. The summed E-state index contributed by atoms with van der Waals surface area (Å²) in [5.41, 5.74) is 7.77. The number of benzene rings is 1. The third-order valence-corrected chi connectivity index (χ3v) is 3.93. The van der Waals surface area contributed by atoms with Crippen LogP contribution in [-0.2, 0) is 5.75 Å². The lowest BCUT2D eigenvalue weighted by Crippen LogP contribution is -2.15. The third-order valence-electron chi connectivity index (χ3n) is 3.12. The average Bonchev–Trinajstić information content (AvgIpc) is 3.02. The molecule has 1 aromatic carbocycles. The molecule has 2 N–H and O–H groups in total. The van der Waals surface area contributed by atoms with Gasteiger partial charge in [-0.2, -0.15) is 15.0 Å². The second-order valence-electron chi connectivity index (χ2n) is 5.33. The van der Waals surface area contributed by atoms with Crippen molar-refractivity contribution >= 4 is 23.7 Å². The van der Waals surface area contributed by atoms with Crippen molar-refractivity contribution in [1.82, 2.24) is 25.1 Å². The Labute approximate surface area is 143 Å². The molecule has 24 heavy (non-hydrogen) atoms. The normalized spacial score (nSPS) is 10.8. The Morgan fingerprint density at radius 3 is 2.54 bits per heavy atom. The zero-order chi connectivity index (χ0) is 17.1. The van der Waals surface area contributed by atoms with Crippen LogP contribution in [0.15, 0.2) is 33.9 Å². The topological polar surface area (TPSA) is 107 Å². The van der Waals surface area contributed by atoms with Gasteiger partial charge in [0.15, 0.2) is 0 Å². The van der Waals surface area contributed by atoms with Gasteiger partial charge < -0.3 is 15.1 Å². The molecule has 0 aliphatic heterocycles. The van der Waals surface area contributed by atoms with E-state index in [2.05, 4.69) is 25.1 Å². The smallest absolute Gasteiger partial charge is 0.277 e. The number of anilines is 2. The molecule has 0 aliphatic carbocycles. The van der Waals surface area contributed by atoms with Crippen LogP contribution in [0, 0.1) is 6.92 Å². The highest BCUT2D eigenvalue weighted by atomic mass is 32.2. The minimum atomic E-state index is 0.190. The van der Waals surface area contributed by atoms with Crippen molar-refractivity contribution in [3.8, 4) is 11.5 Å². The molecule has 3 aromatic rings. The molecule has 2 aromatic heterocycles. The van der Waals surface area contributed by atoms with Crippen molar-refractivity contribution < 1.29 is 4.42 Å². The summed E-state index contributed by atoms with van der Waals surface area (Å²) in [6.07, 6.45) is 0. The maximum atomic E-state index is 5.71. The summed E-state index contributed by atoms with van der Waals surface area (Å²) in [6.45, 7) is 2.03. The highest BCUT2D eigenvalue weighted by Crippen LogP contribution is 2.25. The minimum absolute atomic E-state index is 0.190. The fourth-order valence-electron chi connectivity index (χ4n) is 1.90. The Hall–Kier alpha value is -2.68. The fourth-order valence-corrected chi connectivity index (χ4v) is 2.51. The quantitative estimate of drug-likeness (QED) is 0.697. The molecule has 0 saturated carbocycles. The van der Waals surface area contributed by atoms with E-state index in [1.165, 1.54) is 17.3 Å². The monoisotopic (exact) mass is 343 g/mol. The summed E-state index contributed by atoms with van der Waals surface area (Å²) in [7, 11) is 3.69. The van der Waals surface area contributed by atoms with E-state index >= 15 is 0 Å². The maximum absolute atomic E-state index is 5.71. The molecule has 0 unspecified atom stereocenters. The lowest BCUT2D eigenvalue weighted by atomic mass is 10.1. The first kappa shape index (κ1) is 16.2. The summed E-state index contributed by atoms with van der Waals surface area (Å²) >= 11 is 1.35. The number of nitrogens with zero attached hydrogens (tertiary/aromatic N) is 6. The second-order valence-corrected chi connectivity index (χ2v) is 6.26.